The fourth-order valence-corrected chi connectivity index (χ4v) is 4.96. The molecule has 30 heavy (non-hydrogen) atoms. The normalized spacial score (nSPS) is 11.8. The number of aromatic nitrogens is 2. The minimum Gasteiger partial charge on any atom is -0.325 e. The van der Waals surface area contributed by atoms with Gasteiger partial charge in [0.1, 0.15) is 0 Å². The number of nitrogens with zero attached hydrogens (tertiary/aromatic N) is 2. The Balaban J connectivity index is 1.61. The van der Waals surface area contributed by atoms with Crippen LogP contribution in [0.4, 0.5) is 10.8 Å². The van der Waals surface area contributed by atoms with E-state index >= 15 is 0 Å². The smallest absolute Gasteiger partial charge is 0.257 e. The van der Waals surface area contributed by atoms with Crippen molar-refractivity contribution in [3.05, 3.63) is 64.2 Å². The van der Waals surface area contributed by atoms with Crippen molar-refractivity contribution in [2.24, 2.45) is 0 Å². The van der Waals surface area contributed by atoms with E-state index < -0.39 is 0 Å². The van der Waals surface area contributed by atoms with E-state index in [0.29, 0.717) is 15.0 Å². The molecule has 0 fully saturated rings. The zero-order valence-electron chi connectivity index (χ0n) is 17.6. The van der Waals surface area contributed by atoms with E-state index in [0.717, 1.165) is 22.4 Å². The number of amides is 2. The van der Waals surface area contributed by atoms with Crippen molar-refractivity contribution in [2.75, 3.05) is 10.6 Å². The van der Waals surface area contributed by atoms with Gasteiger partial charge in [-0.25, -0.2) is 0 Å². The first-order valence-corrected chi connectivity index (χ1v) is 11.2. The second kappa shape index (κ2) is 9.40. The van der Waals surface area contributed by atoms with Crippen molar-refractivity contribution in [1.29, 1.82) is 0 Å². The third-order valence-electron chi connectivity index (χ3n) is 4.48. The highest BCUT2D eigenvalue weighted by Crippen LogP contribution is 2.30. The monoisotopic (exact) mass is 440 g/mol. The second-order valence-corrected chi connectivity index (χ2v) is 9.79. The summed E-state index contributed by atoms with van der Waals surface area (Å²) in [5, 5.41) is 13.9. The number of benzene rings is 2. The number of anilines is 2. The zero-order valence-corrected chi connectivity index (χ0v) is 19.2. The Morgan fingerprint density at radius 3 is 2.33 bits per heavy atom. The average molecular weight is 441 g/mol. The zero-order chi connectivity index (χ0) is 21.8. The van der Waals surface area contributed by atoms with E-state index in [-0.39, 0.29) is 17.1 Å². The van der Waals surface area contributed by atoms with E-state index in [2.05, 4.69) is 20.8 Å². The van der Waals surface area contributed by atoms with Gasteiger partial charge in [0.2, 0.25) is 11.0 Å². The Morgan fingerprint density at radius 1 is 0.967 bits per heavy atom. The summed E-state index contributed by atoms with van der Waals surface area (Å²) < 4.78 is 0.620. The van der Waals surface area contributed by atoms with Crippen molar-refractivity contribution in [2.45, 2.75) is 44.2 Å². The Kier molecular flexibility index (Phi) is 6.89. The van der Waals surface area contributed by atoms with Gasteiger partial charge in [-0.3, -0.25) is 14.9 Å². The van der Waals surface area contributed by atoms with Crippen LogP contribution in [0.15, 0.2) is 40.7 Å². The van der Waals surface area contributed by atoms with E-state index in [1.807, 2.05) is 65.0 Å². The Labute approximate surface area is 184 Å². The molecule has 1 aromatic heterocycles. The van der Waals surface area contributed by atoms with Crippen molar-refractivity contribution < 1.29 is 9.59 Å². The Hall–Kier alpha value is -2.71. The molecule has 2 aromatic carbocycles. The Bertz CT molecular complexity index is 1070. The highest BCUT2D eigenvalue weighted by molar-refractivity contribution is 8.02. The lowest BCUT2D eigenvalue weighted by Gasteiger charge is -2.15. The van der Waals surface area contributed by atoms with Crippen molar-refractivity contribution in [1.82, 2.24) is 10.2 Å². The summed E-state index contributed by atoms with van der Waals surface area (Å²) in [6.07, 6.45) is 0. The molecule has 2 N–H and O–H groups in total. The van der Waals surface area contributed by atoms with Crippen LogP contribution in [-0.2, 0) is 4.79 Å². The number of hydrogen-bond acceptors (Lipinski definition) is 6. The molecule has 0 aliphatic heterocycles. The summed E-state index contributed by atoms with van der Waals surface area (Å²) >= 11 is 2.56. The number of hydrogen-bond donors (Lipinski definition) is 2. The van der Waals surface area contributed by atoms with Crippen LogP contribution in [0.2, 0.25) is 0 Å². The van der Waals surface area contributed by atoms with Gasteiger partial charge in [0.05, 0.1) is 5.25 Å². The fourth-order valence-electron chi connectivity index (χ4n) is 3.07. The van der Waals surface area contributed by atoms with Crippen molar-refractivity contribution >= 4 is 45.7 Å². The van der Waals surface area contributed by atoms with Gasteiger partial charge in [0, 0.05) is 11.3 Å². The lowest BCUT2D eigenvalue weighted by molar-refractivity contribution is -0.115. The minimum atomic E-state index is -0.363. The Morgan fingerprint density at radius 2 is 1.67 bits per heavy atom. The molecule has 0 saturated heterocycles. The van der Waals surface area contributed by atoms with Crippen LogP contribution in [0.25, 0.3) is 0 Å². The molecule has 0 radical (unpaired) electrons. The fraction of sp³-hybridized carbons (Fsp3) is 0.273. The third-order valence-corrected chi connectivity index (χ3v) is 6.50. The van der Waals surface area contributed by atoms with Crippen LogP contribution in [-0.4, -0.2) is 27.3 Å². The number of thioether (sulfide) groups is 1. The van der Waals surface area contributed by atoms with Crippen LogP contribution < -0.4 is 10.6 Å². The summed E-state index contributed by atoms with van der Waals surface area (Å²) in [5.41, 5.74) is 5.66. The maximum atomic E-state index is 12.7. The highest BCUT2D eigenvalue weighted by atomic mass is 32.2. The summed E-state index contributed by atoms with van der Waals surface area (Å²) in [6.45, 7) is 9.77. The first-order valence-electron chi connectivity index (χ1n) is 9.50. The molecular weight excluding hydrogens is 416 g/mol. The average Bonchev–Trinajstić information content (AvgIpc) is 3.11. The van der Waals surface area contributed by atoms with Crippen LogP contribution in [0, 0.1) is 27.7 Å². The lowest BCUT2D eigenvalue weighted by Crippen LogP contribution is -2.23. The molecule has 1 heterocycles. The van der Waals surface area contributed by atoms with Gasteiger partial charge in [-0.1, -0.05) is 58.5 Å². The molecule has 2 amide bonds. The number of rotatable bonds is 6. The highest BCUT2D eigenvalue weighted by Gasteiger charge is 2.19. The number of carbonyl (C=O) groups excluding carboxylic acids is 2. The van der Waals surface area contributed by atoms with Gasteiger partial charge < -0.3 is 5.32 Å². The maximum Gasteiger partial charge on any atom is 0.257 e. The number of aryl methyl sites for hydroxylation is 4. The number of nitrogens with one attached hydrogen (secondary N) is 2. The summed E-state index contributed by atoms with van der Waals surface area (Å²) in [4.78, 5) is 25.0. The molecule has 0 bridgehead atoms. The van der Waals surface area contributed by atoms with Gasteiger partial charge >= 0.3 is 0 Å². The molecule has 8 heteroatoms. The van der Waals surface area contributed by atoms with Crippen LogP contribution in [0.1, 0.15) is 39.5 Å². The maximum absolute atomic E-state index is 12.7. The number of carbonyl (C=O) groups is 2. The SMILES string of the molecule is Cc1cccc(C(=O)Nc2nnc(S[C@H](C)C(=O)Nc3c(C)cc(C)cc3C)s2)c1. The van der Waals surface area contributed by atoms with Crippen LogP contribution >= 0.6 is 23.1 Å². The predicted octanol–water partition coefficient (Wildman–Crippen LogP) is 5.14. The van der Waals surface area contributed by atoms with Crippen LogP contribution in [0.5, 0.6) is 0 Å². The first-order chi connectivity index (χ1) is 14.2. The summed E-state index contributed by atoms with van der Waals surface area (Å²) in [6, 6.07) is 11.4. The molecule has 0 aliphatic rings. The molecular formula is C22H24N4O2S2. The van der Waals surface area contributed by atoms with E-state index in [9.17, 15) is 9.59 Å². The molecule has 0 unspecified atom stereocenters. The van der Waals surface area contributed by atoms with Crippen molar-refractivity contribution in [3.8, 4) is 0 Å². The molecule has 1 atom stereocenters. The molecule has 6 nitrogen and oxygen atoms in total. The molecule has 3 aromatic rings. The van der Waals surface area contributed by atoms with Gasteiger partial charge in [-0.15, -0.1) is 10.2 Å². The topological polar surface area (TPSA) is 84.0 Å². The molecule has 156 valence electrons. The quantitative estimate of drug-likeness (QED) is 0.409. The summed E-state index contributed by atoms with van der Waals surface area (Å²) in [7, 11) is 0. The van der Waals surface area contributed by atoms with E-state index in [4.69, 9.17) is 0 Å². The third kappa shape index (κ3) is 5.46. The predicted molar refractivity (Wildman–Crippen MR) is 124 cm³/mol. The largest absolute Gasteiger partial charge is 0.325 e. The molecule has 0 saturated carbocycles. The summed E-state index contributed by atoms with van der Waals surface area (Å²) in [5.74, 6) is -0.335. The molecule has 0 spiro atoms. The van der Waals surface area contributed by atoms with E-state index in [1.165, 1.54) is 28.7 Å². The molecule has 3 rings (SSSR count). The standard InChI is InChI=1S/C22H24N4O2S2/c1-12-7-6-8-17(11-12)20(28)24-21-25-26-22(30-21)29-16(5)19(27)23-18-14(3)9-13(2)10-15(18)4/h6-11,16H,1-5H3,(H,23,27)(H,24,25,28)/t16-/m1/s1. The van der Waals surface area contributed by atoms with Crippen molar-refractivity contribution in [3.63, 3.8) is 0 Å². The first kappa shape index (κ1) is 22.0. The molecule has 0 aliphatic carbocycles. The second-order valence-electron chi connectivity index (χ2n) is 7.22. The lowest BCUT2D eigenvalue weighted by atomic mass is 10.1. The van der Waals surface area contributed by atoms with Gasteiger partial charge in [-0.2, -0.15) is 0 Å². The van der Waals surface area contributed by atoms with E-state index in [1.54, 1.807) is 6.07 Å². The van der Waals surface area contributed by atoms with Crippen LogP contribution in [0.3, 0.4) is 0 Å². The minimum absolute atomic E-state index is 0.101. The van der Waals surface area contributed by atoms with Gasteiger partial charge in [0.25, 0.3) is 5.91 Å². The van der Waals surface area contributed by atoms with Gasteiger partial charge in [0.15, 0.2) is 4.34 Å². The van der Waals surface area contributed by atoms with Gasteiger partial charge in [-0.05, 0) is 57.9 Å².